The van der Waals surface area contributed by atoms with Crippen molar-refractivity contribution in [1.82, 2.24) is 5.32 Å². The summed E-state index contributed by atoms with van der Waals surface area (Å²) in [5.41, 5.74) is 7.98. The van der Waals surface area contributed by atoms with Gasteiger partial charge in [-0.3, -0.25) is 4.79 Å². The number of carbonyl (C=O) groups excluding carboxylic acids is 1. The first-order chi connectivity index (χ1) is 10.1. The fourth-order valence-electron chi connectivity index (χ4n) is 2.08. The van der Waals surface area contributed by atoms with E-state index in [2.05, 4.69) is 18.3 Å². The summed E-state index contributed by atoms with van der Waals surface area (Å²) >= 11 is 0. The molecule has 0 spiro atoms. The Hall–Kier alpha value is -2.33. The van der Waals surface area contributed by atoms with Gasteiger partial charge in [0.2, 0.25) is 0 Å². The summed E-state index contributed by atoms with van der Waals surface area (Å²) in [6.07, 6.45) is 0. The van der Waals surface area contributed by atoms with Crippen LogP contribution in [-0.4, -0.2) is 12.5 Å². The Kier molecular flexibility index (Phi) is 4.95. The topological polar surface area (TPSA) is 64.3 Å². The number of rotatable bonds is 6. The van der Waals surface area contributed by atoms with Crippen molar-refractivity contribution in [3.05, 3.63) is 59.2 Å². The Balaban J connectivity index is 2.33. The van der Waals surface area contributed by atoms with Crippen LogP contribution in [0, 0.1) is 6.92 Å². The fourth-order valence-corrected chi connectivity index (χ4v) is 2.08. The van der Waals surface area contributed by atoms with Crippen molar-refractivity contribution in [3.63, 3.8) is 0 Å². The molecule has 3 N–H and O–H groups in total. The Morgan fingerprint density at radius 3 is 2.67 bits per heavy atom. The molecular weight excluding hydrogens is 264 g/mol. The van der Waals surface area contributed by atoms with Gasteiger partial charge in [0.15, 0.2) is 0 Å². The molecule has 1 amide bonds. The van der Waals surface area contributed by atoms with Crippen molar-refractivity contribution in [1.29, 1.82) is 0 Å². The van der Waals surface area contributed by atoms with Crippen LogP contribution < -0.4 is 15.8 Å². The predicted octanol–water partition coefficient (Wildman–Crippen LogP) is 3.00. The summed E-state index contributed by atoms with van der Waals surface area (Å²) in [6.45, 7) is 5.69. The van der Waals surface area contributed by atoms with Crippen LogP contribution >= 0.6 is 0 Å². The number of amides is 1. The lowest BCUT2D eigenvalue weighted by Crippen LogP contribution is -2.14. The van der Waals surface area contributed by atoms with Crippen LogP contribution in [0.4, 0.5) is 0 Å². The van der Waals surface area contributed by atoms with Gasteiger partial charge in [-0.1, -0.05) is 36.8 Å². The lowest BCUT2D eigenvalue weighted by Gasteiger charge is -2.14. The maximum atomic E-state index is 11.5. The molecule has 110 valence electrons. The predicted molar refractivity (Wildman–Crippen MR) is 83.6 cm³/mol. The van der Waals surface area contributed by atoms with E-state index in [0.29, 0.717) is 17.9 Å². The van der Waals surface area contributed by atoms with Crippen LogP contribution in [-0.2, 0) is 6.54 Å². The molecular formula is C17H20N2O2. The molecule has 0 radical (unpaired) electrons. The molecule has 2 aromatic carbocycles. The van der Waals surface area contributed by atoms with Gasteiger partial charge in [-0.15, -0.1) is 0 Å². The largest absolute Gasteiger partial charge is 0.456 e. The number of hydrogen-bond acceptors (Lipinski definition) is 3. The van der Waals surface area contributed by atoms with Gasteiger partial charge in [0, 0.05) is 12.1 Å². The first kappa shape index (κ1) is 15.1. The van der Waals surface area contributed by atoms with Gasteiger partial charge >= 0.3 is 0 Å². The highest BCUT2D eigenvalue weighted by Crippen LogP contribution is 2.28. The monoisotopic (exact) mass is 284 g/mol. The van der Waals surface area contributed by atoms with E-state index in [9.17, 15) is 4.79 Å². The van der Waals surface area contributed by atoms with Crippen LogP contribution in [0.5, 0.6) is 11.5 Å². The van der Waals surface area contributed by atoms with Gasteiger partial charge < -0.3 is 15.8 Å². The first-order valence-electron chi connectivity index (χ1n) is 6.98. The lowest BCUT2D eigenvalue weighted by molar-refractivity contribution is 0.0998. The maximum Gasteiger partial charge on any atom is 0.252 e. The van der Waals surface area contributed by atoms with Crippen molar-refractivity contribution in [3.8, 4) is 11.5 Å². The molecule has 0 fully saturated rings. The number of para-hydroxylation sites is 1. The minimum absolute atomic E-state index is 0.382. The molecule has 0 aliphatic carbocycles. The molecule has 0 aliphatic heterocycles. The first-order valence-corrected chi connectivity index (χ1v) is 6.98. The molecule has 0 saturated heterocycles. The van der Waals surface area contributed by atoms with Crippen LogP contribution in [0.3, 0.4) is 0 Å². The van der Waals surface area contributed by atoms with Crippen molar-refractivity contribution in [2.45, 2.75) is 20.4 Å². The van der Waals surface area contributed by atoms with Crippen molar-refractivity contribution >= 4 is 5.91 Å². The summed E-state index contributed by atoms with van der Waals surface area (Å²) in [4.78, 5) is 11.5. The molecule has 0 atom stereocenters. The van der Waals surface area contributed by atoms with Gasteiger partial charge in [0.1, 0.15) is 11.5 Å². The molecule has 0 aliphatic rings. The summed E-state index contributed by atoms with van der Waals surface area (Å²) < 4.78 is 5.91. The highest BCUT2D eigenvalue weighted by atomic mass is 16.5. The molecule has 2 rings (SSSR count). The second-order valence-corrected chi connectivity index (χ2v) is 4.85. The highest BCUT2D eigenvalue weighted by Gasteiger charge is 2.11. The van der Waals surface area contributed by atoms with Gasteiger partial charge in [-0.2, -0.15) is 0 Å². The Labute approximate surface area is 124 Å². The van der Waals surface area contributed by atoms with E-state index in [0.717, 1.165) is 17.9 Å². The van der Waals surface area contributed by atoms with Crippen molar-refractivity contribution < 1.29 is 9.53 Å². The zero-order valence-electron chi connectivity index (χ0n) is 12.3. The number of nitrogens with one attached hydrogen (secondary N) is 1. The average molecular weight is 284 g/mol. The van der Waals surface area contributed by atoms with Crippen LogP contribution in [0.1, 0.15) is 28.4 Å². The zero-order chi connectivity index (χ0) is 15.2. The van der Waals surface area contributed by atoms with Crippen molar-refractivity contribution in [2.75, 3.05) is 6.54 Å². The fraction of sp³-hybridized carbons (Fsp3) is 0.235. The number of benzene rings is 2. The number of primary amides is 1. The third-order valence-corrected chi connectivity index (χ3v) is 3.15. The summed E-state index contributed by atoms with van der Waals surface area (Å²) in [5.74, 6) is 0.716. The van der Waals surface area contributed by atoms with E-state index < -0.39 is 5.91 Å². The van der Waals surface area contributed by atoms with E-state index in [4.69, 9.17) is 10.5 Å². The number of aryl methyl sites for hydroxylation is 1. The van der Waals surface area contributed by atoms with E-state index >= 15 is 0 Å². The van der Waals surface area contributed by atoms with Gasteiger partial charge in [-0.05, 0) is 31.7 Å². The summed E-state index contributed by atoms with van der Waals surface area (Å²) in [6, 6.07) is 13.0. The molecule has 0 bridgehead atoms. The van der Waals surface area contributed by atoms with Crippen LogP contribution in [0.25, 0.3) is 0 Å². The van der Waals surface area contributed by atoms with Crippen LogP contribution in [0.15, 0.2) is 42.5 Å². The Morgan fingerprint density at radius 2 is 1.95 bits per heavy atom. The normalized spacial score (nSPS) is 10.4. The summed E-state index contributed by atoms with van der Waals surface area (Å²) in [5, 5.41) is 3.28. The number of hydrogen-bond donors (Lipinski definition) is 2. The van der Waals surface area contributed by atoms with E-state index in [-0.39, 0.29) is 0 Å². The zero-order valence-corrected chi connectivity index (χ0v) is 12.3. The molecule has 4 nitrogen and oxygen atoms in total. The molecule has 21 heavy (non-hydrogen) atoms. The van der Waals surface area contributed by atoms with Crippen molar-refractivity contribution in [2.24, 2.45) is 5.73 Å². The number of ether oxygens (including phenoxy) is 1. The lowest BCUT2D eigenvalue weighted by atomic mass is 10.1. The molecule has 4 heteroatoms. The third kappa shape index (κ3) is 3.83. The van der Waals surface area contributed by atoms with Crippen LogP contribution in [0.2, 0.25) is 0 Å². The maximum absolute atomic E-state index is 11.5. The highest BCUT2D eigenvalue weighted by molar-refractivity contribution is 5.95. The van der Waals surface area contributed by atoms with E-state index in [1.54, 1.807) is 18.2 Å². The Bertz CT molecular complexity index is 638. The second kappa shape index (κ2) is 6.90. The molecule has 2 aromatic rings. The number of nitrogens with two attached hydrogens (primary N) is 1. The Morgan fingerprint density at radius 1 is 1.19 bits per heavy atom. The van der Waals surface area contributed by atoms with E-state index in [1.165, 1.54) is 5.56 Å². The molecule has 0 heterocycles. The standard InChI is InChI=1S/C17H20N2O2/c1-3-19-11-13-10-12(2)8-9-15(13)21-16-7-5-4-6-14(16)17(18)20/h4-10,19H,3,11H2,1-2H3,(H2,18,20). The summed E-state index contributed by atoms with van der Waals surface area (Å²) in [7, 11) is 0. The van der Waals surface area contributed by atoms with Gasteiger partial charge in [0.05, 0.1) is 5.56 Å². The minimum atomic E-state index is -0.494. The molecule has 0 unspecified atom stereocenters. The van der Waals surface area contributed by atoms with Gasteiger partial charge in [0.25, 0.3) is 5.91 Å². The number of carbonyl (C=O) groups is 1. The average Bonchev–Trinajstić information content (AvgIpc) is 2.47. The second-order valence-electron chi connectivity index (χ2n) is 4.85. The molecule has 0 saturated carbocycles. The smallest absolute Gasteiger partial charge is 0.252 e. The third-order valence-electron chi connectivity index (χ3n) is 3.15. The van der Waals surface area contributed by atoms with E-state index in [1.807, 2.05) is 25.1 Å². The SMILES string of the molecule is CCNCc1cc(C)ccc1Oc1ccccc1C(N)=O. The quantitative estimate of drug-likeness (QED) is 0.857. The van der Waals surface area contributed by atoms with Gasteiger partial charge in [-0.25, -0.2) is 0 Å². The minimum Gasteiger partial charge on any atom is -0.456 e. The molecule has 0 aromatic heterocycles.